The summed E-state index contributed by atoms with van der Waals surface area (Å²) in [6, 6.07) is 8.64. The number of hydrogen-bond donors (Lipinski definition) is 1. The van der Waals surface area contributed by atoms with Crippen molar-refractivity contribution < 1.29 is 36.1 Å². The average Bonchev–Trinajstić information content (AvgIpc) is 3.83. The molecule has 3 fully saturated rings. The predicted octanol–water partition coefficient (Wildman–Crippen LogP) is 5.75. The molecule has 57 heavy (non-hydrogen) atoms. The van der Waals surface area contributed by atoms with Crippen LogP contribution in [0.5, 0.6) is 0 Å². The SMILES string of the molecule is CN(C)C(=O)c1cc2cnc(Nc3ccc(N4CCN(CC(F)(F)F)CC4)cn3)nc2n1C1CCCC1.O=[N+]([O-])c1ccc(N2CCN(CC(F)(F)F)CC2)cn1. The van der Waals surface area contributed by atoms with Crippen LogP contribution < -0.4 is 15.1 Å². The molecule has 6 heterocycles. The van der Waals surface area contributed by atoms with Crippen molar-refractivity contribution in [1.29, 1.82) is 0 Å². The van der Waals surface area contributed by atoms with Gasteiger partial charge in [0.1, 0.15) is 17.2 Å². The topological polar surface area (TPSA) is 145 Å². The van der Waals surface area contributed by atoms with Gasteiger partial charge in [0.2, 0.25) is 5.95 Å². The zero-order valence-corrected chi connectivity index (χ0v) is 31.5. The highest BCUT2D eigenvalue weighted by atomic mass is 19.4. The van der Waals surface area contributed by atoms with Gasteiger partial charge < -0.3 is 34.7 Å². The summed E-state index contributed by atoms with van der Waals surface area (Å²) in [5.41, 5.74) is 2.89. The van der Waals surface area contributed by atoms with E-state index in [0.717, 1.165) is 42.4 Å². The molecular weight excluding hydrogens is 762 g/mol. The third-order valence-electron chi connectivity index (χ3n) is 10.1. The van der Waals surface area contributed by atoms with E-state index in [1.54, 1.807) is 37.5 Å². The van der Waals surface area contributed by atoms with Crippen LogP contribution in [0.3, 0.4) is 0 Å². The summed E-state index contributed by atoms with van der Waals surface area (Å²) in [7, 11) is 3.49. The van der Waals surface area contributed by atoms with Gasteiger partial charge in [-0.2, -0.15) is 31.3 Å². The van der Waals surface area contributed by atoms with Crippen molar-refractivity contribution in [3.05, 3.63) is 64.7 Å². The number of aromatic nitrogens is 5. The third kappa shape index (κ3) is 11.0. The van der Waals surface area contributed by atoms with E-state index in [4.69, 9.17) is 4.98 Å². The summed E-state index contributed by atoms with van der Waals surface area (Å²) in [5, 5.41) is 14.4. The molecule has 1 N–H and O–H groups in total. The molecule has 2 saturated heterocycles. The van der Waals surface area contributed by atoms with Crippen molar-refractivity contribution in [3.8, 4) is 0 Å². The summed E-state index contributed by atoms with van der Waals surface area (Å²) in [4.78, 5) is 48.4. The molecule has 0 aromatic carbocycles. The monoisotopic (exact) mass is 806 g/mol. The highest BCUT2D eigenvalue weighted by molar-refractivity contribution is 5.98. The number of nitrogens with zero attached hydrogens (tertiary/aromatic N) is 11. The van der Waals surface area contributed by atoms with Gasteiger partial charge in [0.25, 0.3) is 5.91 Å². The zero-order chi connectivity index (χ0) is 40.9. The Bertz CT molecular complexity index is 1970. The van der Waals surface area contributed by atoms with E-state index >= 15 is 0 Å². The molecule has 0 radical (unpaired) electrons. The van der Waals surface area contributed by atoms with E-state index in [1.165, 1.54) is 22.1 Å². The number of pyridine rings is 2. The van der Waals surface area contributed by atoms with E-state index in [2.05, 4.69) is 24.8 Å². The fourth-order valence-electron chi connectivity index (χ4n) is 7.26. The van der Waals surface area contributed by atoms with E-state index in [-0.39, 0.29) is 17.8 Å². The number of alkyl halides is 6. The molecule has 4 aromatic rings. The maximum Gasteiger partial charge on any atom is 0.401 e. The maximum absolute atomic E-state index is 12.9. The number of carbonyl (C=O) groups is 1. The van der Waals surface area contributed by atoms with Gasteiger partial charge >= 0.3 is 18.2 Å². The zero-order valence-electron chi connectivity index (χ0n) is 31.5. The Morgan fingerprint density at radius 2 is 1.35 bits per heavy atom. The number of anilines is 4. The lowest BCUT2D eigenvalue weighted by atomic mass is 10.2. The van der Waals surface area contributed by atoms with E-state index in [1.807, 2.05) is 28.0 Å². The van der Waals surface area contributed by atoms with Crippen molar-refractivity contribution in [2.45, 2.75) is 44.1 Å². The minimum atomic E-state index is -4.18. The number of piperazine rings is 2. The van der Waals surface area contributed by atoms with Crippen LogP contribution in [0.2, 0.25) is 0 Å². The minimum absolute atomic E-state index is 0.0593. The van der Waals surface area contributed by atoms with E-state index < -0.39 is 30.4 Å². The van der Waals surface area contributed by atoms with E-state index in [9.17, 15) is 41.3 Å². The first-order chi connectivity index (χ1) is 27.0. The first-order valence-electron chi connectivity index (χ1n) is 18.5. The van der Waals surface area contributed by atoms with Crippen molar-refractivity contribution in [1.82, 2.24) is 39.2 Å². The van der Waals surface area contributed by atoms with Gasteiger partial charge in [-0.1, -0.05) is 12.8 Å². The number of halogens is 6. The number of nitro groups is 1. The molecule has 0 atom stereocenters. The maximum atomic E-state index is 12.9. The fraction of sp³-hybridized carbons (Fsp3) is 0.528. The van der Waals surface area contributed by atoms with Crippen molar-refractivity contribution in [2.24, 2.45) is 0 Å². The van der Waals surface area contributed by atoms with Gasteiger partial charge in [0.05, 0.1) is 30.7 Å². The quantitative estimate of drug-likeness (QED) is 0.125. The first-order valence-corrected chi connectivity index (χ1v) is 18.5. The molecule has 4 aromatic heterocycles. The van der Waals surface area contributed by atoms with Crippen molar-refractivity contribution in [3.63, 3.8) is 0 Å². The number of hydrogen-bond acceptors (Lipinski definition) is 12. The van der Waals surface area contributed by atoms with Crippen LogP contribution in [0.25, 0.3) is 11.0 Å². The normalized spacial score (nSPS) is 17.4. The van der Waals surface area contributed by atoms with Crippen LogP contribution in [0.1, 0.15) is 42.2 Å². The number of amides is 1. The van der Waals surface area contributed by atoms with Crippen LogP contribution in [0, 0.1) is 10.1 Å². The van der Waals surface area contributed by atoms with Crippen LogP contribution in [-0.4, -0.2) is 142 Å². The van der Waals surface area contributed by atoms with Crippen LogP contribution in [0.15, 0.2) is 48.9 Å². The van der Waals surface area contributed by atoms with Crippen LogP contribution in [-0.2, 0) is 0 Å². The lowest BCUT2D eigenvalue weighted by Gasteiger charge is -2.36. The predicted molar refractivity (Wildman–Crippen MR) is 201 cm³/mol. The third-order valence-corrected chi connectivity index (χ3v) is 10.1. The fourth-order valence-corrected chi connectivity index (χ4v) is 7.26. The van der Waals surface area contributed by atoms with Crippen LogP contribution in [0.4, 0.5) is 55.3 Å². The Morgan fingerprint density at radius 3 is 1.81 bits per heavy atom. The van der Waals surface area contributed by atoms with Crippen molar-refractivity contribution in [2.75, 3.05) is 94.7 Å². The number of rotatable bonds is 9. The summed E-state index contributed by atoms with van der Waals surface area (Å²) < 4.78 is 76.7. The van der Waals surface area contributed by atoms with Gasteiger partial charge in [-0.3, -0.25) is 14.6 Å². The molecular formula is C36H44F6N12O3. The smallest absolute Gasteiger partial charge is 0.368 e. The highest BCUT2D eigenvalue weighted by Crippen LogP contribution is 2.35. The lowest BCUT2D eigenvalue weighted by Crippen LogP contribution is -2.49. The molecule has 1 saturated carbocycles. The molecule has 7 rings (SSSR count). The summed E-state index contributed by atoms with van der Waals surface area (Å²) >= 11 is 0. The summed E-state index contributed by atoms with van der Waals surface area (Å²) in [6.07, 6.45) is 0.717. The standard InChI is InChI=1S/C25H31F3N8O.C11H13F3N4O2/c1-33(2)23(37)20-13-17-14-30-24(32-22(17)36(20)18-5-3-4-6-18)31-21-8-7-19(15-29-21)35-11-9-34(10-12-35)16-25(26,27)28;12-11(13,14)8-16-3-5-17(6-4-16)9-1-2-10(15-7-9)18(19)20/h7-8,13-15,18H,3-6,9-12,16H2,1-2H3,(H,29,30,31,32);1-2,7H,3-6,8H2. The Hall–Kier alpha value is -5.31. The molecule has 0 bridgehead atoms. The molecule has 1 amide bonds. The molecule has 15 nitrogen and oxygen atoms in total. The average molecular weight is 807 g/mol. The Morgan fingerprint density at radius 1 is 0.807 bits per heavy atom. The lowest BCUT2D eigenvalue weighted by molar-refractivity contribution is -0.389. The Labute approximate surface area is 324 Å². The molecule has 21 heteroatoms. The Balaban J connectivity index is 0.000000232. The van der Waals surface area contributed by atoms with Crippen molar-refractivity contribution >= 4 is 45.9 Å². The van der Waals surface area contributed by atoms with Gasteiger partial charge in [-0.15, -0.1) is 0 Å². The molecule has 1 aliphatic carbocycles. The summed E-state index contributed by atoms with van der Waals surface area (Å²) in [6.45, 7) is 1.43. The highest BCUT2D eigenvalue weighted by Gasteiger charge is 2.33. The molecule has 0 unspecified atom stereocenters. The number of fused-ring (bicyclic) bond motifs is 1. The Kier molecular flexibility index (Phi) is 12.7. The minimum Gasteiger partial charge on any atom is -0.368 e. The van der Waals surface area contributed by atoms with Gasteiger partial charge in [-0.25, -0.2) is 9.97 Å². The molecule has 2 aliphatic heterocycles. The largest absolute Gasteiger partial charge is 0.401 e. The number of nitrogens with one attached hydrogen (secondary N) is 1. The molecule has 308 valence electrons. The van der Waals surface area contributed by atoms with E-state index in [0.29, 0.717) is 75.5 Å². The second kappa shape index (κ2) is 17.5. The second-order valence-electron chi connectivity index (χ2n) is 14.4. The van der Waals surface area contributed by atoms with Crippen LogP contribution >= 0.6 is 0 Å². The number of carbonyl (C=O) groups excluding carboxylic acids is 1. The first kappa shape index (κ1) is 41.3. The second-order valence-corrected chi connectivity index (χ2v) is 14.4. The summed E-state index contributed by atoms with van der Waals surface area (Å²) in [5.74, 6) is 0.637. The molecule has 0 spiro atoms. The van der Waals surface area contributed by atoms with Gasteiger partial charge in [-0.05, 0) is 47.0 Å². The molecule has 3 aliphatic rings. The van der Waals surface area contributed by atoms with Gasteiger partial charge in [0.15, 0.2) is 6.20 Å². The van der Waals surface area contributed by atoms with Gasteiger partial charge in [0, 0.05) is 90.1 Å².